The van der Waals surface area contributed by atoms with Gasteiger partial charge in [0, 0.05) is 0 Å². The first-order chi connectivity index (χ1) is 5.27. The molecule has 58 valence electrons. The Morgan fingerprint density at radius 2 is 2.45 bits per heavy atom. The van der Waals surface area contributed by atoms with Crippen LogP contribution in [0.4, 0.5) is 0 Å². The maximum Gasteiger partial charge on any atom is 0.201 e. The van der Waals surface area contributed by atoms with Crippen LogP contribution in [0, 0.1) is 0 Å². The van der Waals surface area contributed by atoms with Gasteiger partial charge in [0.15, 0.2) is 6.29 Å². The fraction of sp³-hybridized carbons (Fsp3) is 0.143. The average Bonchev–Trinajstić information content (AvgIpc) is 2.50. The minimum absolute atomic E-state index is 0.433. The van der Waals surface area contributed by atoms with Crippen LogP contribution in [0.2, 0.25) is 0 Å². The highest BCUT2D eigenvalue weighted by atomic mass is 32.1. The lowest BCUT2D eigenvalue weighted by Crippen LogP contribution is -1.94. The molecular weight excluding hydrogens is 180 g/mol. The summed E-state index contributed by atoms with van der Waals surface area (Å²) < 4.78 is 4.82. The van der Waals surface area contributed by atoms with E-state index in [0.717, 1.165) is 11.2 Å². The highest BCUT2D eigenvalue weighted by Crippen LogP contribution is 2.15. The van der Waals surface area contributed by atoms with Gasteiger partial charge in [-0.2, -0.15) is 0 Å². The predicted molar refractivity (Wildman–Crippen MR) is 48.4 cm³/mol. The van der Waals surface area contributed by atoms with Gasteiger partial charge in [0.05, 0.1) is 16.9 Å². The van der Waals surface area contributed by atoms with E-state index in [4.69, 9.17) is 17.0 Å². The van der Waals surface area contributed by atoms with Crippen LogP contribution in [0.15, 0.2) is 12.1 Å². The number of methoxy groups -OCH3 is 1. The summed E-state index contributed by atoms with van der Waals surface area (Å²) in [5.41, 5.74) is 0. The fourth-order valence-corrected chi connectivity index (χ4v) is 1.56. The molecule has 0 radical (unpaired) electrons. The Kier molecular flexibility index (Phi) is 2.73. The molecule has 0 aliphatic rings. The number of aldehydes is 1. The Morgan fingerprint density at radius 1 is 1.73 bits per heavy atom. The lowest BCUT2D eigenvalue weighted by molar-refractivity contribution is 0.112. The van der Waals surface area contributed by atoms with Crippen molar-refractivity contribution < 1.29 is 9.53 Å². The molecule has 0 amide bonds. The Labute approximate surface area is 73.8 Å². The second-order valence-corrected chi connectivity index (χ2v) is 3.30. The van der Waals surface area contributed by atoms with Gasteiger partial charge in [-0.3, -0.25) is 4.79 Å². The van der Waals surface area contributed by atoms with Gasteiger partial charge in [-0.1, -0.05) is 0 Å². The minimum Gasteiger partial charge on any atom is -0.486 e. The molecular formula is C7H6O2S2. The van der Waals surface area contributed by atoms with Gasteiger partial charge in [0.2, 0.25) is 5.05 Å². The summed E-state index contributed by atoms with van der Waals surface area (Å²) in [6, 6.07) is 3.50. The molecule has 0 bridgehead atoms. The van der Waals surface area contributed by atoms with E-state index < -0.39 is 0 Å². The zero-order valence-electron chi connectivity index (χ0n) is 5.87. The van der Waals surface area contributed by atoms with E-state index >= 15 is 0 Å². The molecule has 0 saturated carbocycles. The third-order valence-electron chi connectivity index (χ3n) is 1.13. The molecule has 0 spiro atoms. The van der Waals surface area contributed by atoms with Crippen molar-refractivity contribution in [1.29, 1.82) is 0 Å². The molecule has 1 heterocycles. The second-order valence-electron chi connectivity index (χ2n) is 1.81. The summed E-state index contributed by atoms with van der Waals surface area (Å²) in [4.78, 5) is 11.7. The highest BCUT2D eigenvalue weighted by molar-refractivity contribution is 7.80. The summed E-state index contributed by atoms with van der Waals surface area (Å²) in [7, 11) is 1.52. The topological polar surface area (TPSA) is 26.3 Å². The third-order valence-corrected chi connectivity index (χ3v) is 2.65. The SMILES string of the molecule is COC(=S)c1ccc(C=O)s1. The zero-order valence-corrected chi connectivity index (χ0v) is 7.50. The Balaban J connectivity index is 2.88. The van der Waals surface area contributed by atoms with Crippen molar-refractivity contribution in [3.8, 4) is 0 Å². The molecule has 1 rings (SSSR count). The van der Waals surface area contributed by atoms with Crippen molar-refractivity contribution >= 4 is 34.9 Å². The number of hydrogen-bond acceptors (Lipinski definition) is 4. The van der Waals surface area contributed by atoms with Gasteiger partial charge in [0.1, 0.15) is 0 Å². The molecule has 0 aliphatic carbocycles. The molecule has 4 heteroatoms. The van der Waals surface area contributed by atoms with E-state index in [1.54, 1.807) is 12.1 Å². The Bertz CT molecular complexity index is 278. The first kappa shape index (κ1) is 8.36. The molecule has 2 nitrogen and oxygen atoms in total. The van der Waals surface area contributed by atoms with Crippen LogP contribution in [0.3, 0.4) is 0 Å². The van der Waals surface area contributed by atoms with Gasteiger partial charge in [-0.15, -0.1) is 11.3 Å². The second kappa shape index (κ2) is 3.59. The molecule has 0 aromatic carbocycles. The van der Waals surface area contributed by atoms with Gasteiger partial charge in [-0.25, -0.2) is 0 Å². The van der Waals surface area contributed by atoms with E-state index in [1.165, 1.54) is 18.4 Å². The Morgan fingerprint density at radius 3 is 2.91 bits per heavy atom. The van der Waals surface area contributed by atoms with E-state index in [9.17, 15) is 4.79 Å². The van der Waals surface area contributed by atoms with Crippen LogP contribution in [-0.4, -0.2) is 18.4 Å². The van der Waals surface area contributed by atoms with Crippen molar-refractivity contribution in [3.63, 3.8) is 0 Å². The molecule has 0 atom stereocenters. The van der Waals surface area contributed by atoms with Crippen LogP contribution in [0.5, 0.6) is 0 Å². The number of carbonyl (C=O) groups excluding carboxylic acids is 1. The third kappa shape index (κ3) is 1.85. The highest BCUT2D eigenvalue weighted by Gasteiger charge is 2.03. The van der Waals surface area contributed by atoms with Gasteiger partial charge >= 0.3 is 0 Å². The Hall–Kier alpha value is -0.740. The van der Waals surface area contributed by atoms with E-state index in [-0.39, 0.29) is 0 Å². The van der Waals surface area contributed by atoms with E-state index in [1.807, 2.05) is 0 Å². The van der Waals surface area contributed by atoms with Crippen LogP contribution < -0.4 is 0 Å². The smallest absolute Gasteiger partial charge is 0.201 e. The van der Waals surface area contributed by atoms with Crippen LogP contribution >= 0.6 is 23.6 Å². The predicted octanol–water partition coefficient (Wildman–Crippen LogP) is 1.88. The molecule has 1 aromatic rings. The monoisotopic (exact) mass is 186 g/mol. The first-order valence-corrected chi connectivity index (χ1v) is 4.13. The molecule has 1 aromatic heterocycles. The van der Waals surface area contributed by atoms with Crippen molar-refractivity contribution in [3.05, 3.63) is 21.9 Å². The van der Waals surface area contributed by atoms with Gasteiger partial charge in [0.25, 0.3) is 0 Å². The summed E-state index contributed by atoms with van der Waals surface area (Å²) in [5, 5.41) is 0.433. The maximum atomic E-state index is 10.3. The summed E-state index contributed by atoms with van der Waals surface area (Å²) >= 11 is 6.19. The lowest BCUT2D eigenvalue weighted by atomic mass is 10.4. The van der Waals surface area contributed by atoms with Crippen molar-refractivity contribution in [2.75, 3.05) is 7.11 Å². The van der Waals surface area contributed by atoms with Crippen LogP contribution in [0.25, 0.3) is 0 Å². The molecule has 0 unspecified atom stereocenters. The maximum absolute atomic E-state index is 10.3. The summed E-state index contributed by atoms with van der Waals surface area (Å²) in [5.74, 6) is 0. The normalized spacial score (nSPS) is 9.18. The largest absolute Gasteiger partial charge is 0.486 e. The molecule has 0 fully saturated rings. The average molecular weight is 186 g/mol. The molecule has 0 aliphatic heterocycles. The lowest BCUT2D eigenvalue weighted by Gasteiger charge is -1.94. The zero-order chi connectivity index (χ0) is 8.27. The standard InChI is InChI=1S/C7H6O2S2/c1-9-7(10)6-3-2-5(4-8)11-6/h2-4H,1H3. The number of ether oxygens (including phenoxy) is 1. The molecule has 0 saturated heterocycles. The van der Waals surface area contributed by atoms with E-state index in [0.29, 0.717) is 9.93 Å². The number of hydrogen-bond donors (Lipinski definition) is 0. The minimum atomic E-state index is 0.433. The number of rotatable bonds is 2. The van der Waals surface area contributed by atoms with E-state index in [2.05, 4.69) is 0 Å². The summed E-state index contributed by atoms with van der Waals surface area (Å²) in [6.45, 7) is 0. The van der Waals surface area contributed by atoms with Crippen LogP contribution in [0.1, 0.15) is 14.5 Å². The first-order valence-electron chi connectivity index (χ1n) is 2.91. The van der Waals surface area contributed by atoms with Crippen molar-refractivity contribution in [2.45, 2.75) is 0 Å². The fourth-order valence-electron chi connectivity index (χ4n) is 0.626. The van der Waals surface area contributed by atoms with Gasteiger partial charge < -0.3 is 4.74 Å². The van der Waals surface area contributed by atoms with Crippen molar-refractivity contribution in [1.82, 2.24) is 0 Å². The molecule has 11 heavy (non-hydrogen) atoms. The number of thiophene rings is 1. The van der Waals surface area contributed by atoms with Gasteiger partial charge in [-0.05, 0) is 24.4 Å². The molecule has 0 N–H and O–H groups in total. The number of thiocarbonyl (C=S) groups is 1. The quantitative estimate of drug-likeness (QED) is 0.521. The summed E-state index contributed by atoms with van der Waals surface area (Å²) in [6.07, 6.45) is 0.798. The number of carbonyl (C=O) groups is 1. The van der Waals surface area contributed by atoms with Crippen LogP contribution in [-0.2, 0) is 4.74 Å². The van der Waals surface area contributed by atoms with Crippen molar-refractivity contribution in [2.24, 2.45) is 0 Å².